The summed E-state index contributed by atoms with van der Waals surface area (Å²) >= 11 is 0. The average Bonchev–Trinajstić information content (AvgIpc) is 3.46. The van der Waals surface area contributed by atoms with E-state index in [1.807, 2.05) is 10.7 Å². The van der Waals surface area contributed by atoms with E-state index in [1.165, 1.54) is 5.56 Å². The van der Waals surface area contributed by atoms with Gasteiger partial charge in [-0.15, -0.1) is 5.10 Å². The molecule has 2 aliphatic rings. The summed E-state index contributed by atoms with van der Waals surface area (Å²) in [6, 6.07) is 15.6. The van der Waals surface area contributed by atoms with Crippen molar-refractivity contribution < 1.29 is 14.6 Å². The van der Waals surface area contributed by atoms with Gasteiger partial charge in [0.2, 0.25) is 0 Å². The largest absolute Gasteiger partial charge is 0.508 e. The Morgan fingerprint density at radius 1 is 0.909 bits per heavy atom. The Labute approximate surface area is 258 Å². The third kappa shape index (κ3) is 7.62. The van der Waals surface area contributed by atoms with E-state index in [0.717, 1.165) is 89.1 Å². The number of rotatable bonds is 12. The van der Waals surface area contributed by atoms with Gasteiger partial charge in [0.05, 0.1) is 26.4 Å². The number of piperazine rings is 1. The van der Waals surface area contributed by atoms with Gasteiger partial charge in [-0.05, 0) is 50.3 Å². The Bertz CT molecular complexity index is 1500. The summed E-state index contributed by atoms with van der Waals surface area (Å²) in [6.07, 6.45) is 1.02. The molecule has 12 nitrogen and oxygen atoms in total. The normalized spacial score (nSPS) is 16.7. The summed E-state index contributed by atoms with van der Waals surface area (Å²) in [5.41, 5.74) is 3.48. The number of fused-ring (bicyclic) bond motifs is 1. The first-order valence-electron chi connectivity index (χ1n) is 15.6. The second-order valence-electron chi connectivity index (χ2n) is 11.8. The molecule has 1 N–H and O–H groups in total. The number of phenolic OH excluding ortho intramolecular Hbond substituents is 1. The standard InChI is InChI=1S/C32H43N9O3/c1-37(2)11-4-20-44-28-9-7-25(8-10-28)24-39-14-12-38(13-15-39)16-17-41-32-29(35-36-41)31(40-18-21-43-22-19-40)33-30(34-32)26-5-3-6-27(42)23-26/h3,5-10,23,42H,4,11-22,24H2,1-2H3. The zero-order chi connectivity index (χ0) is 30.3. The van der Waals surface area contributed by atoms with Gasteiger partial charge in [-0.1, -0.05) is 29.5 Å². The Morgan fingerprint density at radius 2 is 1.68 bits per heavy atom. The van der Waals surface area contributed by atoms with E-state index in [2.05, 4.69) is 68.3 Å². The van der Waals surface area contributed by atoms with Crippen LogP contribution in [0.1, 0.15) is 12.0 Å². The van der Waals surface area contributed by atoms with Crippen LogP contribution in [0.25, 0.3) is 22.6 Å². The van der Waals surface area contributed by atoms with Crippen LogP contribution in [0.4, 0.5) is 5.82 Å². The van der Waals surface area contributed by atoms with E-state index in [-0.39, 0.29) is 5.75 Å². The summed E-state index contributed by atoms with van der Waals surface area (Å²) in [5.74, 6) is 2.44. The Hall–Kier alpha value is -3.84. The molecule has 0 saturated carbocycles. The molecule has 0 amide bonds. The molecular weight excluding hydrogens is 558 g/mol. The van der Waals surface area contributed by atoms with Crippen LogP contribution < -0.4 is 9.64 Å². The summed E-state index contributed by atoms with van der Waals surface area (Å²) in [4.78, 5) is 19.1. The van der Waals surface area contributed by atoms with Gasteiger partial charge in [0, 0.05) is 64.5 Å². The maximum Gasteiger partial charge on any atom is 0.184 e. The molecule has 2 aliphatic heterocycles. The summed E-state index contributed by atoms with van der Waals surface area (Å²) in [5, 5.41) is 19.1. The second-order valence-corrected chi connectivity index (χ2v) is 11.8. The number of hydrogen-bond acceptors (Lipinski definition) is 11. The fraction of sp³-hybridized carbons (Fsp3) is 0.500. The summed E-state index contributed by atoms with van der Waals surface area (Å²) in [7, 11) is 4.17. The Kier molecular flexibility index (Phi) is 9.81. The molecule has 44 heavy (non-hydrogen) atoms. The zero-order valence-corrected chi connectivity index (χ0v) is 25.8. The van der Waals surface area contributed by atoms with Crippen LogP contribution in [0.3, 0.4) is 0 Å². The fourth-order valence-electron chi connectivity index (χ4n) is 5.69. The highest BCUT2D eigenvalue weighted by Crippen LogP contribution is 2.28. The van der Waals surface area contributed by atoms with Crippen molar-refractivity contribution in [1.82, 2.24) is 39.7 Å². The van der Waals surface area contributed by atoms with Gasteiger partial charge in [0.1, 0.15) is 11.5 Å². The van der Waals surface area contributed by atoms with Crippen LogP contribution in [0.15, 0.2) is 48.5 Å². The number of anilines is 1. The second kappa shape index (κ2) is 14.3. The lowest BCUT2D eigenvalue weighted by molar-refractivity contribution is 0.122. The minimum Gasteiger partial charge on any atom is -0.508 e. The minimum absolute atomic E-state index is 0.182. The number of nitrogens with zero attached hydrogens (tertiary/aromatic N) is 9. The number of benzene rings is 2. The maximum absolute atomic E-state index is 10.1. The molecule has 2 saturated heterocycles. The highest BCUT2D eigenvalue weighted by molar-refractivity contribution is 5.85. The molecule has 0 bridgehead atoms. The van der Waals surface area contributed by atoms with Gasteiger partial charge in [-0.25, -0.2) is 14.6 Å². The predicted molar refractivity (Wildman–Crippen MR) is 170 cm³/mol. The number of phenols is 1. The highest BCUT2D eigenvalue weighted by atomic mass is 16.5. The van der Waals surface area contributed by atoms with Crippen LogP contribution in [-0.4, -0.2) is 131 Å². The van der Waals surface area contributed by atoms with Crippen molar-refractivity contribution in [1.29, 1.82) is 0 Å². The van der Waals surface area contributed by atoms with Gasteiger partial charge in [-0.2, -0.15) is 0 Å². The topological polar surface area (TPSA) is 108 Å². The first-order chi connectivity index (χ1) is 21.5. The van der Waals surface area contributed by atoms with Crippen molar-refractivity contribution in [3.05, 3.63) is 54.1 Å². The van der Waals surface area contributed by atoms with Crippen LogP contribution in [0.5, 0.6) is 11.5 Å². The molecule has 2 aromatic heterocycles. The van der Waals surface area contributed by atoms with E-state index in [4.69, 9.17) is 19.4 Å². The first kappa shape index (κ1) is 30.2. The van der Waals surface area contributed by atoms with Crippen LogP contribution in [-0.2, 0) is 17.8 Å². The number of ether oxygens (including phenoxy) is 2. The lowest BCUT2D eigenvalue weighted by atomic mass is 10.2. The van der Waals surface area contributed by atoms with Crippen LogP contribution in [0, 0.1) is 0 Å². The molecule has 0 unspecified atom stereocenters. The van der Waals surface area contributed by atoms with Gasteiger partial charge in [-0.3, -0.25) is 9.80 Å². The van der Waals surface area contributed by atoms with Crippen molar-refractivity contribution in [3.63, 3.8) is 0 Å². The smallest absolute Gasteiger partial charge is 0.184 e. The lowest BCUT2D eigenvalue weighted by Gasteiger charge is -2.34. The predicted octanol–water partition coefficient (Wildman–Crippen LogP) is 2.58. The van der Waals surface area contributed by atoms with Gasteiger partial charge in [0.15, 0.2) is 22.8 Å². The monoisotopic (exact) mass is 601 g/mol. The quantitative estimate of drug-likeness (QED) is 0.242. The van der Waals surface area contributed by atoms with Crippen molar-refractivity contribution in [2.75, 3.05) is 91.2 Å². The SMILES string of the molecule is CN(C)CCCOc1ccc(CN2CCN(CCn3nnc4c(N5CCOCC5)nc(-c5cccc(O)c5)nc43)CC2)cc1. The van der Waals surface area contributed by atoms with E-state index in [1.54, 1.807) is 18.2 Å². The van der Waals surface area contributed by atoms with Gasteiger partial charge in [0.25, 0.3) is 0 Å². The Balaban J connectivity index is 1.05. The fourth-order valence-corrected chi connectivity index (χ4v) is 5.69. The van der Waals surface area contributed by atoms with Crippen LogP contribution >= 0.6 is 0 Å². The number of hydrogen-bond donors (Lipinski definition) is 1. The van der Waals surface area contributed by atoms with E-state index in [0.29, 0.717) is 36.7 Å². The molecule has 6 rings (SSSR count). The van der Waals surface area contributed by atoms with Crippen molar-refractivity contribution in [2.24, 2.45) is 0 Å². The minimum atomic E-state index is 0.182. The molecule has 0 aliphatic carbocycles. The Morgan fingerprint density at radius 3 is 2.43 bits per heavy atom. The third-order valence-electron chi connectivity index (χ3n) is 8.20. The average molecular weight is 602 g/mol. The van der Waals surface area contributed by atoms with Crippen molar-refractivity contribution >= 4 is 17.0 Å². The van der Waals surface area contributed by atoms with E-state index in [9.17, 15) is 5.11 Å². The molecule has 12 heteroatoms. The van der Waals surface area contributed by atoms with E-state index < -0.39 is 0 Å². The lowest BCUT2D eigenvalue weighted by Crippen LogP contribution is -2.46. The number of aromatic hydroxyl groups is 1. The molecule has 2 fully saturated rings. The summed E-state index contributed by atoms with van der Waals surface area (Å²) in [6.45, 7) is 11.1. The molecular formula is C32H43N9O3. The number of morpholine rings is 1. The maximum atomic E-state index is 10.1. The van der Waals surface area contributed by atoms with Crippen LogP contribution in [0.2, 0.25) is 0 Å². The van der Waals surface area contributed by atoms with Crippen molar-refractivity contribution in [2.45, 2.75) is 19.5 Å². The molecule has 4 heterocycles. The molecule has 2 aromatic carbocycles. The summed E-state index contributed by atoms with van der Waals surface area (Å²) < 4.78 is 13.3. The zero-order valence-electron chi connectivity index (χ0n) is 25.8. The highest BCUT2D eigenvalue weighted by Gasteiger charge is 2.23. The van der Waals surface area contributed by atoms with Crippen molar-refractivity contribution in [3.8, 4) is 22.9 Å². The molecule has 4 aromatic rings. The van der Waals surface area contributed by atoms with Gasteiger partial charge >= 0.3 is 0 Å². The molecule has 0 radical (unpaired) electrons. The third-order valence-corrected chi connectivity index (χ3v) is 8.20. The van der Waals surface area contributed by atoms with E-state index >= 15 is 0 Å². The molecule has 234 valence electrons. The molecule has 0 spiro atoms. The van der Waals surface area contributed by atoms with Gasteiger partial charge < -0.3 is 24.4 Å². The molecule has 0 atom stereocenters. The number of aromatic nitrogens is 5. The first-order valence-corrected chi connectivity index (χ1v) is 15.6.